The SMILES string of the molecule is CN(Cc1cc(NC(=O)CCCc2ccc(C(C=O)Nc3ccc4nc[nH]c(=O)c4c3)cc2)ccc1S(=O)O)C(=O)OC(C)(C)C. The van der Waals surface area contributed by atoms with Crippen LogP contribution in [0.5, 0.6) is 0 Å². The molecule has 0 saturated carbocycles. The van der Waals surface area contributed by atoms with Gasteiger partial charge in [0.25, 0.3) is 5.56 Å². The van der Waals surface area contributed by atoms with E-state index in [1.165, 1.54) is 24.3 Å². The lowest BCUT2D eigenvalue weighted by Gasteiger charge is -2.25. The molecule has 0 spiro atoms. The number of ether oxygens (including phenoxy) is 1. The second kappa shape index (κ2) is 14.9. The molecule has 2 atom stereocenters. The number of aromatic nitrogens is 2. The molecule has 0 bridgehead atoms. The Balaban J connectivity index is 1.31. The number of hydrogen-bond donors (Lipinski definition) is 4. The number of H-pyrrole nitrogens is 1. The number of amides is 2. The summed E-state index contributed by atoms with van der Waals surface area (Å²) in [6.07, 6.45) is 2.98. The maximum atomic E-state index is 12.7. The van der Waals surface area contributed by atoms with E-state index in [-0.39, 0.29) is 29.3 Å². The van der Waals surface area contributed by atoms with Crippen molar-refractivity contribution in [2.75, 3.05) is 17.7 Å². The van der Waals surface area contributed by atoms with Gasteiger partial charge in [0, 0.05) is 24.8 Å². The van der Waals surface area contributed by atoms with Gasteiger partial charge in [-0.05, 0) is 86.7 Å². The van der Waals surface area contributed by atoms with Crippen molar-refractivity contribution < 1.29 is 27.9 Å². The van der Waals surface area contributed by atoms with E-state index in [0.717, 1.165) is 17.4 Å². The van der Waals surface area contributed by atoms with Crippen LogP contribution in [0.4, 0.5) is 16.2 Å². The minimum atomic E-state index is -2.29. The molecule has 46 heavy (non-hydrogen) atoms. The molecule has 242 valence electrons. The van der Waals surface area contributed by atoms with Crippen molar-refractivity contribution in [1.29, 1.82) is 0 Å². The lowest BCUT2D eigenvalue weighted by atomic mass is 10.0. The molecule has 0 fully saturated rings. The van der Waals surface area contributed by atoms with Gasteiger partial charge in [0.1, 0.15) is 17.9 Å². The molecule has 1 heterocycles. The van der Waals surface area contributed by atoms with Crippen LogP contribution in [-0.4, -0.2) is 54.6 Å². The molecule has 0 aliphatic carbocycles. The highest BCUT2D eigenvalue weighted by Crippen LogP contribution is 2.23. The molecule has 0 radical (unpaired) electrons. The van der Waals surface area contributed by atoms with E-state index in [4.69, 9.17) is 4.74 Å². The van der Waals surface area contributed by atoms with Gasteiger partial charge in [-0.2, -0.15) is 0 Å². The molecule has 1 aromatic heterocycles. The molecule has 0 aliphatic rings. The number of fused-ring (bicyclic) bond motifs is 1. The lowest BCUT2D eigenvalue weighted by molar-refractivity contribution is -0.116. The molecular formula is C33H37N5O7S. The van der Waals surface area contributed by atoms with E-state index in [9.17, 15) is 27.9 Å². The van der Waals surface area contributed by atoms with Crippen molar-refractivity contribution in [3.8, 4) is 0 Å². The van der Waals surface area contributed by atoms with Gasteiger partial charge < -0.3 is 34.6 Å². The fraction of sp³-hybridized carbons (Fsp3) is 0.303. The van der Waals surface area contributed by atoms with Crippen LogP contribution in [0.25, 0.3) is 10.9 Å². The predicted octanol–water partition coefficient (Wildman–Crippen LogP) is 5.18. The van der Waals surface area contributed by atoms with Gasteiger partial charge in [0.15, 0.2) is 11.1 Å². The van der Waals surface area contributed by atoms with Gasteiger partial charge >= 0.3 is 6.09 Å². The molecular weight excluding hydrogens is 610 g/mol. The minimum Gasteiger partial charge on any atom is -0.444 e. The fourth-order valence-electron chi connectivity index (χ4n) is 4.71. The second-order valence-electron chi connectivity index (χ2n) is 11.8. The summed E-state index contributed by atoms with van der Waals surface area (Å²) in [6.45, 7) is 5.25. The van der Waals surface area contributed by atoms with Crippen LogP contribution >= 0.6 is 0 Å². The lowest BCUT2D eigenvalue weighted by Crippen LogP contribution is -2.34. The van der Waals surface area contributed by atoms with Gasteiger partial charge in [0.2, 0.25) is 5.91 Å². The molecule has 12 nitrogen and oxygen atoms in total. The van der Waals surface area contributed by atoms with E-state index in [1.807, 2.05) is 24.3 Å². The highest BCUT2D eigenvalue weighted by atomic mass is 32.2. The molecule has 2 unspecified atom stereocenters. The summed E-state index contributed by atoms with van der Waals surface area (Å²) in [7, 11) is 1.53. The number of anilines is 2. The third-order valence-corrected chi connectivity index (χ3v) is 7.73. The zero-order valence-electron chi connectivity index (χ0n) is 26.0. The Morgan fingerprint density at radius 2 is 1.80 bits per heavy atom. The standard InChI is InChI=1S/C33H37N5O7S/c1-33(2,3)45-32(42)38(4)18-23-16-24(13-15-29(23)46(43)44)37-30(40)7-5-6-21-8-10-22(11-9-21)28(19-39)36-25-12-14-27-26(17-25)31(41)35-20-34-27/h8-17,19-20,28,36H,5-7,18H2,1-4H3,(H,37,40)(H,43,44)(H,34,35,41). The Labute approximate surface area is 268 Å². The molecule has 0 aliphatic heterocycles. The summed E-state index contributed by atoms with van der Waals surface area (Å²) in [5.74, 6) is -0.226. The molecule has 4 aromatic rings. The van der Waals surface area contributed by atoms with Crippen LogP contribution in [0, 0.1) is 0 Å². The third-order valence-electron chi connectivity index (χ3n) is 6.95. The summed E-state index contributed by atoms with van der Waals surface area (Å²) < 4.78 is 27.0. The molecule has 4 rings (SSSR count). The summed E-state index contributed by atoms with van der Waals surface area (Å²) in [6, 6.07) is 16.6. The van der Waals surface area contributed by atoms with E-state index in [2.05, 4.69) is 20.6 Å². The van der Waals surface area contributed by atoms with Crippen LogP contribution in [0.1, 0.15) is 56.3 Å². The highest BCUT2D eigenvalue weighted by Gasteiger charge is 2.21. The molecule has 3 aromatic carbocycles. The summed E-state index contributed by atoms with van der Waals surface area (Å²) in [5, 5.41) is 6.38. The van der Waals surface area contributed by atoms with E-state index in [1.54, 1.807) is 51.1 Å². The van der Waals surface area contributed by atoms with Crippen molar-refractivity contribution in [3.05, 3.63) is 94.0 Å². The molecule has 13 heteroatoms. The maximum absolute atomic E-state index is 12.7. The number of nitrogens with zero attached hydrogens (tertiary/aromatic N) is 2. The second-order valence-corrected chi connectivity index (χ2v) is 12.7. The third kappa shape index (κ3) is 9.31. The van der Waals surface area contributed by atoms with Crippen LogP contribution in [0.3, 0.4) is 0 Å². The topological polar surface area (TPSA) is 171 Å². The number of benzene rings is 3. The molecule has 0 saturated heterocycles. The average molecular weight is 648 g/mol. The Kier molecular flexibility index (Phi) is 11.0. The van der Waals surface area contributed by atoms with Crippen molar-refractivity contribution in [3.63, 3.8) is 0 Å². The fourth-order valence-corrected chi connectivity index (χ4v) is 5.25. The maximum Gasteiger partial charge on any atom is 0.410 e. The van der Waals surface area contributed by atoms with Crippen molar-refractivity contribution in [2.24, 2.45) is 0 Å². The smallest absolute Gasteiger partial charge is 0.410 e. The number of aromatic amines is 1. The Morgan fingerprint density at radius 1 is 1.09 bits per heavy atom. The van der Waals surface area contributed by atoms with Crippen molar-refractivity contribution >= 4 is 51.6 Å². The molecule has 4 N–H and O–H groups in total. The summed E-state index contributed by atoms with van der Waals surface area (Å²) in [5.41, 5.74) is 2.79. The molecule has 2 amide bonds. The number of carbonyl (C=O) groups is 3. The minimum absolute atomic E-state index is 0.0102. The number of aryl methyl sites for hydroxylation is 1. The zero-order valence-corrected chi connectivity index (χ0v) is 26.8. The van der Waals surface area contributed by atoms with Crippen molar-refractivity contribution in [2.45, 2.75) is 63.1 Å². The van der Waals surface area contributed by atoms with Gasteiger partial charge in [-0.15, -0.1) is 0 Å². The first-order valence-corrected chi connectivity index (χ1v) is 15.7. The van der Waals surface area contributed by atoms with Gasteiger partial charge in [-0.1, -0.05) is 24.3 Å². The van der Waals surface area contributed by atoms with Crippen LogP contribution in [0.2, 0.25) is 0 Å². The largest absolute Gasteiger partial charge is 0.444 e. The van der Waals surface area contributed by atoms with E-state index >= 15 is 0 Å². The predicted molar refractivity (Wildman–Crippen MR) is 176 cm³/mol. The Bertz CT molecular complexity index is 1800. The number of aldehydes is 1. The van der Waals surface area contributed by atoms with Crippen LogP contribution in [0.15, 0.2) is 76.7 Å². The quantitative estimate of drug-likeness (QED) is 0.119. The highest BCUT2D eigenvalue weighted by molar-refractivity contribution is 7.79. The number of carbonyl (C=O) groups excluding carboxylic acids is 3. The zero-order chi connectivity index (χ0) is 33.4. The number of hydrogen-bond acceptors (Lipinski definition) is 8. The van der Waals surface area contributed by atoms with Crippen LogP contribution < -0.4 is 16.2 Å². The number of nitrogens with one attached hydrogen (secondary N) is 3. The van der Waals surface area contributed by atoms with Gasteiger partial charge in [-0.3, -0.25) is 9.59 Å². The first-order valence-electron chi connectivity index (χ1n) is 14.6. The normalized spacial score (nSPS) is 12.6. The van der Waals surface area contributed by atoms with E-state index < -0.39 is 28.8 Å². The first kappa shape index (κ1) is 34.0. The summed E-state index contributed by atoms with van der Waals surface area (Å²) >= 11 is -2.29. The monoisotopic (exact) mass is 647 g/mol. The van der Waals surface area contributed by atoms with E-state index in [0.29, 0.717) is 40.7 Å². The van der Waals surface area contributed by atoms with Gasteiger partial charge in [0.05, 0.1) is 28.7 Å². The first-order chi connectivity index (χ1) is 21.8. The van der Waals surface area contributed by atoms with Crippen LogP contribution in [-0.2, 0) is 38.4 Å². The Morgan fingerprint density at radius 3 is 2.48 bits per heavy atom. The summed E-state index contributed by atoms with van der Waals surface area (Å²) in [4.78, 5) is 57.2. The average Bonchev–Trinajstić information content (AvgIpc) is 3.00. The van der Waals surface area contributed by atoms with Crippen molar-refractivity contribution in [1.82, 2.24) is 14.9 Å². The Hall–Kier alpha value is -4.88. The number of rotatable bonds is 12. The van der Waals surface area contributed by atoms with Gasteiger partial charge in [-0.25, -0.2) is 14.0 Å².